The van der Waals surface area contributed by atoms with Gasteiger partial charge in [-0.1, -0.05) is 11.8 Å². The minimum Gasteiger partial charge on any atom is -0.296 e. The molecule has 3 nitrogen and oxygen atoms in total. The van der Waals surface area contributed by atoms with Gasteiger partial charge in [0.15, 0.2) is 6.29 Å². The summed E-state index contributed by atoms with van der Waals surface area (Å²) in [5.74, 6) is 0. The summed E-state index contributed by atoms with van der Waals surface area (Å²) >= 11 is 1.06. The van der Waals surface area contributed by atoms with Gasteiger partial charge in [-0.3, -0.25) is 15.2 Å². The zero-order valence-electron chi connectivity index (χ0n) is 5.34. The first kappa shape index (κ1) is 8.36. The van der Waals surface area contributed by atoms with Crippen LogP contribution in [0.25, 0.3) is 0 Å². The fourth-order valence-electron chi connectivity index (χ4n) is 0.229. The maximum atomic E-state index is 9.86. The zero-order chi connectivity index (χ0) is 7.28. The van der Waals surface area contributed by atoms with Crippen molar-refractivity contribution >= 4 is 28.1 Å². The molecule has 0 saturated heterocycles. The molecule has 4 heteroatoms. The number of carbonyl (C=O) groups excluding carboxylic acids is 1. The van der Waals surface area contributed by atoms with Gasteiger partial charge in [-0.25, -0.2) is 0 Å². The molecule has 0 bridgehead atoms. The van der Waals surface area contributed by atoms with Gasteiger partial charge >= 0.3 is 0 Å². The largest absolute Gasteiger partial charge is 0.296 e. The second-order valence-electron chi connectivity index (χ2n) is 1.33. The van der Waals surface area contributed by atoms with Crippen molar-refractivity contribution in [1.82, 2.24) is 0 Å². The standard InChI is InChI=1S/C5H8N2OS/c1-4(7-2)9-5(6)3-8/h3,6H,1-2H3/b6-5?,7-4-. The van der Waals surface area contributed by atoms with Gasteiger partial charge < -0.3 is 0 Å². The molecule has 0 rings (SSSR count). The third kappa shape index (κ3) is 3.90. The van der Waals surface area contributed by atoms with E-state index < -0.39 is 0 Å². The lowest BCUT2D eigenvalue weighted by atomic mass is 10.8. The van der Waals surface area contributed by atoms with Crippen LogP contribution in [-0.4, -0.2) is 23.4 Å². The molecule has 0 aliphatic carbocycles. The molecule has 0 aliphatic heterocycles. The molecule has 50 valence electrons. The molecule has 0 aromatic heterocycles. The van der Waals surface area contributed by atoms with Crippen LogP contribution in [0.2, 0.25) is 0 Å². The van der Waals surface area contributed by atoms with Crippen molar-refractivity contribution in [3.63, 3.8) is 0 Å². The first-order valence-corrected chi connectivity index (χ1v) is 3.17. The van der Waals surface area contributed by atoms with Crippen molar-refractivity contribution in [3.05, 3.63) is 0 Å². The fourth-order valence-corrected chi connectivity index (χ4v) is 0.686. The third-order valence-electron chi connectivity index (χ3n) is 0.680. The molecule has 0 fully saturated rings. The highest BCUT2D eigenvalue weighted by Crippen LogP contribution is 2.02. The Labute approximate surface area is 58.1 Å². The van der Waals surface area contributed by atoms with Gasteiger partial charge in [0, 0.05) is 7.05 Å². The minimum absolute atomic E-state index is 0.00176. The predicted molar refractivity (Wildman–Crippen MR) is 40.4 cm³/mol. The zero-order valence-corrected chi connectivity index (χ0v) is 6.16. The van der Waals surface area contributed by atoms with E-state index in [1.54, 1.807) is 14.0 Å². The maximum absolute atomic E-state index is 9.86. The highest BCUT2D eigenvalue weighted by molar-refractivity contribution is 8.27. The molecule has 9 heavy (non-hydrogen) atoms. The summed E-state index contributed by atoms with van der Waals surface area (Å²) in [6, 6.07) is 0. The topological polar surface area (TPSA) is 53.3 Å². The molecule has 0 atom stereocenters. The molecule has 0 radical (unpaired) electrons. The molecule has 1 N–H and O–H groups in total. The van der Waals surface area contributed by atoms with E-state index in [-0.39, 0.29) is 5.04 Å². The second kappa shape index (κ2) is 4.26. The van der Waals surface area contributed by atoms with Crippen LogP contribution in [0.1, 0.15) is 6.92 Å². The second-order valence-corrected chi connectivity index (χ2v) is 2.56. The maximum Gasteiger partial charge on any atom is 0.174 e. The number of carbonyl (C=O) groups is 1. The first-order valence-electron chi connectivity index (χ1n) is 2.35. The van der Waals surface area contributed by atoms with Crippen LogP contribution in [0.5, 0.6) is 0 Å². The quantitative estimate of drug-likeness (QED) is 0.338. The van der Waals surface area contributed by atoms with Gasteiger partial charge in [0.1, 0.15) is 5.04 Å². The lowest BCUT2D eigenvalue weighted by molar-refractivity contribution is -0.102. The van der Waals surface area contributed by atoms with Crippen molar-refractivity contribution in [2.45, 2.75) is 6.92 Å². The van der Waals surface area contributed by atoms with Gasteiger partial charge in [0.25, 0.3) is 0 Å². The molecular formula is C5H8N2OS. The van der Waals surface area contributed by atoms with Crippen LogP contribution >= 0.6 is 11.8 Å². The summed E-state index contributed by atoms with van der Waals surface area (Å²) in [6.07, 6.45) is 0.499. The van der Waals surface area contributed by atoms with Gasteiger partial charge in [0.2, 0.25) is 0 Å². The monoisotopic (exact) mass is 144 g/mol. The molecule has 0 aliphatic rings. The average Bonchev–Trinajstić information content (AvgIpc) is 1.87. The number of rotatable bonds is 1. The Morgan fingerprint density at radius 1 is 1.78 bits per heavy atom. The Morgan fingerprint density at radius 2 is 2.33 bits per heavy atom. The number of nitrogens with zero attached hydrogens (tertiary/aromatic N) is 1. The van der Waals surface area contributed by atoms with E-state index in [1.165, 1.54) is 0 Å². The number of aldehydes is 1. The Morgan fingerprint density at radius 3 is 2.67 bits per heavy atom. The Hall–Kier alpha value is -0.640. The summed E-state index contributed by atoms with van der Waals surface area (Å²) < 4.78 is 0. The molecule has 0 heterocycles. The van der Waals surface area contributed by atoms with Crippen molar-refractivity contribution in [3.8, 4) is 0 Å². The lowest BCUT2D eigenvalue weighted by Crippen LogP contribution is -1.94. The first-order chi connectivity index (χ1) is 4.20. The summed E-state index contributed by atoms with van der Waals surface area (Å²) in [5.41, 5.74) is 0. The number of nitrogens with one attached hydrogen (secondary N) is 1. The van der Waals surface area contributed by atoms with Crippen molar-refractivity contribution < 1.29 is 4.79 Å². The summed E-state index contributed by atoms with van der Waals surface area (Å²) in [4.78, 5) is 13.6. The highest BCUT2D eigenvalue weighted by Gasteiger charge is 1.95. The lowest BCUT2D eigenvalue weighted by Gasteiger charge is -1.91. The normalized spacial score (nSPS) is 11.1. The molecule has 0 spiro atoms. The SMILES string of the molecule is C/N=C(/C)SC(=N)C=O. The minimum atomic E-state index is -0.00176. The number of hydrogen-bond acceptors (Lipinski definition) is 4. The van der Waals surface area contributed by atoms with Crippen LogP contribution in [0.15, 0.2) is 4.99 Å². The summed E-state index contributed by atoms with van der Waals surface area (Å²) in [6.45, 7) is 1.75. The number of aliphatic imine (C=N–C) groups is 1. The molecule has 0 saturated carbocycles. The van der Waals surface area contributed by atoms with Crippen molar-refractivity contribution in [2.75, 3.05) is 7.05 Å². The van der Waals surface area contributed by atoms with Crippen LogP contribution in [-0.2, 0) is 4.79 Å². The van der Waals surface area contributed by atoms with Gasteiger partial charge in [-0.2, -0.15) is 0 Å². The van der Waals surface area contributed by atoms with Gasteiger partial charge in [-0.05, 0) is 6.92 Å². The Kier molecular flexibility index (Phi) is 3.96. The van der Waals surface area contributed by atoms with E-state index in [0.717, 1.165) is 16.8 Å². The molecule has 0 amide bonds. The predicted octanol–water partition coefficient (Wildman–Crippen LogP) is 0.944. The number of hydrogen-bond donors (Lipinski definition) is 1. The van der Waals surface area contributed by atoms with E-state index >= 15 is 0 Å². The van der Waals surface area contributed by atoms with E-state index in [2.05, 4.69) is 4.99 Å². The van der Waals surface area contributed by atoms with Crippen molar-refractivity contribution in [2.24, 2.45) is 4.99 Å². The van der Waals surface area contributed by atoms with Gasteiger partial charge in [-0.15, -0.1) is 0 Å². The molecule has 0 aromatic rings. The van der Waals surface area contributed by atoms with Crippen LogP contribution < -0.4 is 0 Å². The fraction of sp³-hybridized carbons (Fsp3) is 0.400. The van der Waals surface area contributed by atoms with Crippen LogP contribution in [0.4, 0.5) is 0 Å². The van der Waals surface area contributed by atoms with E-state index in [4.69, 9.17) is 5.41 Å². The molecular weight excluding hydrogens is 136 g/mol. The molecule has 0 aromatic carbocycles. The van der Waals surface area contributed by atoms with Crippen LogP contribution in [0, 0.1) is 5.41 Å². The summed E-state index contributed by atoms with van der Waals surface area (Å²) in [7, 11) is 1.63. The van der Waals surface area contributed by atoms with E-state index in [0.29, 0.717) is 6.29 Å². The third-order valence-corrected chi connectivity index (χ3v) is 1.47. The number of thioether (sulfide) groups is 1. The Bertz CT molecular complexity index is 153. The molecule has 0 unspecified atom stereocenters. The highest BCUT2D eigenvalue weighted by atomic mass is 32.2. The summed E-state index contributed by atoms with van der Waals surface area (Å²) in [5, 5.41) is 7.61. The Balaban J connectivity index is 3.74. The van der Waals surface area contributed by atoms with E-state index in [1.807, 2.05) is 0 Å². The smallest absolute Gasteiger partial charge is 0.174 e. The average molecular weight is 144 g/mol. The van der Waals surface area contributed by atoms with Gasteiger partial charge in [0.05, 0.1) is 5.04 Å². The van der Waals surface area contributed by atoms with Crippen molar-refractivity contribution in [1.29, 1.82) is 5.41 Å². The van der Waals surface area contributed by atoms with E-state index in [9.17, 15) is 4.79 Å². The van der Waals surface area contributed by atoms with Crippen LogP contribution in [0.3, 0.4) is 0 Å².